The van der Waals surface area contributed by atoms with Gasteiger partial charge >= 0.3 is 5.97 Å². The maximum atomic E-state index is 13.6. The van der Waals surface area contributed by atoms with Gasteiger partial charge in [-0.2, -0.15) is 0 Å². The molecule has 1 aromatic rings. The number of halogens is 3. The normalized spacial score (nSPS) is 16.4. The molecule has 2 rings (SSSR count). The molecular formula is C12H11F3O3. The van der Waals surface area contributed by atoms with E-state index >= 15 is 0 Å². The fourth-order valence-corrected chi connectivity index (χ4v) is 1.69. The lowest BCUT2D eigenvalue weighted by Gasteiger charge is -2.16. The maximum absolute atomic E-state index is 13.6. The molecular weight excluding hydrogens is 249 g/mol. The summed E-state index contributed by atoms with van der Waals surface area (Å²) >= 11 is 0. The fourth-order valence-electron chi connectivity index (χ4n) is 1.69. The molecule has 0 radical (unpaired) electrons. The van der Waals surface area contributed by atoms with Crippen molar-refractivity contribution in [2.75, 3.05) is 6.67 Å². The van der Waals surface area contributed by atoms with Crippen molar-refractivity contribution in [3.63, 3.8) is 0 Å². The minimum absolute atomic E-state index is 0.0424. The highest BCUT2D eigenvalue weighted by Crippen LogP contribution is 2.45. The van der Waals surface area contributed by atoms with E-state index in [1.165, 1.54) is 0 Å². The van der Waals surface area contributed by atoms with Crippen LogP contribution in [0.25, 0.3) is 0 Å². The van der Waals surface area contributed by atoms with E-state index in [0.29, 0.717) is 6.07 Å². The first-order chi connectivity index (χ1) is 8.52. The van der Waals surface area contributed by atoms with Gasteiger partial charge in [-0.3, -0.25) is 0 Å². The summed E-state index contributed by atoms with van der Waals surface area (Å²) in [5.41, 5.74) is 0.271. The lowest BCUT2D eigenvalue weighted by atomic mass is 10.1. The average Bonchev–Trinajstić information content (AvgIpc) is 3.10. The van der Waals surface area contributed by atoms with Crippen LogP contribution in [0, 0.1) is 11.6 Å². The lowest BCUT2D eigenvalue weighted by molar-refractivity contribution is -0.145. The minimum Gasteiger partial charge on any atom is -0.478 e. The summed E-state index contributed by atoms with van der Waals surface area (Å²) in [6.45, 7) is -1.28. The van der Waals surface area contributed by atoms with Crippen LogP contribution in [0.2, 0.25) is 0 Å². The second-order valence-electron chi connectivity index (χ2n) is 4.18. The first-order valence-electron chi connectivity index (χ1n) is 5.47. The van der Waals surface area contributed by atoms with Gasteiger partial charge in [0, 0.05) is 11.6 Å². The van der Waals surface area contributed by atoms with E-state index in [1.54, 1.807) is 0 Å². The van der Waals surface area contributed by atoms with Crippen LogP contribution < -0.4 is 4.74 Å². The number of carbonyl (C=O) groups is 1. The van der Waals surface area contributed by atoms with Crippen LogP contribution in [0.15, 0.2) is 12.1 Å². The third-order valence-electron chi connectivity index (χ3n) is 2.73. The Kier molecular flexibility index (Phi) is 3.45. The van der Waals surface area contributed by atoms with Crippen LogP contribution in [0.1, 0.15) is 24.3 Å². The smallest absolute Gasteiger partial charge is 0.347 e. The number of carboxylic acids is 1. The molecule has 1 saturated carbocycles. The number of rotatable bonds is 5. The van der Waals surface area contributed by atoms with Crippen molar-refractivity contribution in [2.24, 2.45) is 0 Å². The monoisotopic (exact) mass is 260 g/mol. The van der Waals surface area contributed by atoms with Crippen molar-refractivity contribution in [1.82, 2.24) is 0 Å². The molecule has 1 fully saturated rings. The van der Waals surface area contributed by atoms with Gasteiger partial charge in [0.2, 0.25) is 6.10 Å². The summed E-state index contributed by atoms with van der Waals surface area (Å²) in [4.78, 5) is 10.6. The fraction of sp³-hybridized carbons (Fsp3) is 0.417. The molecule has 0 aromatic heterocycles. The maximum Gasteiger partial charge on any atom is 0.347 e. The lowest BCUT2D eigenvalue weighted by Crippen LogP contribution is -2.29. The molecule has 1 aromatic carbocycles. The van der Waals surface area contributed by atoms with Crippen molar-refractivity contribution in [3.8, 4) is 5.75 Å². The second-order valence-corrected chi connectivity index (χ2v) is 4.18. The summed E-state index contributed by atoms with van der Waals surface area (Å²) in [5.74, 6) is -3.68. The van der Waals surface area contributed by atoms with E-state index in [9.17, 15) is 18.0 Å². The Balaban J connectivity index is 2.33. The van der Waals surface area contributed by atoms with Crippen LogP contribution in [-0.4, -0.2) is 23.9 Å². The zero-order chi connectivity index (χ0) is 13.3. The molecule has 6 heteroatoms. The van der Waals surface area contributed by atoms with Gasteiger partial charge in [-0.05, 0) is 24.8 Å². The molecule has 0 unspecified atom stereocenters. The van der Waals surface area contributed by atoms with Crippen LogP contribution >= 0.6 is 0 Å². The van der Waals surface area contributed by atoms with Gasteiger partial charge in [-0.25, -0.2) is 18.0 Å². The molecule has 18 heavy (non-hydrogen) atoms. The number of benzene rings is 1. The Bertz CT molecular complexity index is 472. The molecule has 0 saturated heterocycles. The topological polar surface area (TPSA) is 46.5 Å². The highest BCUT2D eigenvalue weighted by atomic mass is 19.1. The molecule has 0 spiro atoms. The molecule has 0 amide bonds. The van der Waals surface area contributed by atoms with E-state index in [1.807, 2.05) is 0 Å². The SMILES string of the molecule is O=C(O)[C@H](CF)Oc1c(F)cc(F)cc1C1CC1. The van der Waals surface area contributed by atoms with E-state index < -0.39 is 30.4 Å². The van der Waals surface area contributed by atoms with Crippen molar-refractivity contribution in [3.05, 3.63) is 29.3 Å². The third-order valence-corrected chi connectivity index (χ3v) is 2.73. The number of ether oxygens (including phenoxy) is 1. The molecule has 1 aliphatic rings. The van der Waals surface area contributed by atoms with Crippen molar-refractivity contribution in [2.45, 2.75) is 24.9 Å². The van der Waals surface area contributed by atoms with Gasteiger partial charge in [-0.15, -0.1) is 0 Å². The standard InChI is InChI=1S/C12H11F3O3/c13-5-10(12(16)17)18-11-8(6-1-2-6)3-7(14)4-9(11)15/h3-4,6,10H,1-2,5H2,(H,16,17)/t10-/m0/s1. The van der Waals surface area contributed by atoms with Crippen molar-refractivity contribution < 1.29 is 27.8 Å². The van der Waals surface area contributed by atoms with Crippen LogP contribution in [0.3, 0.4) is 0 Å². The van der Waals surface area contributed by atoms with Gasteiger partial charge in [-0.1, -0.05) is 0 Å². The van der Waals surface area contributed by atoms with Gasteiger partial charge in [0.15, 0.2) is 11.6 Å². The Morgan fingerprint density at radius 3 is 2.61 bits per heavy atom. The molecule has 0 heterocycles. The van der Waals surface area contributed by atoms with Crippen LogP contribution in [-0.2, 0) is 4.79 Å². The largest absolute Gasteiger partial charge is 0.478 e. The second kappa shape index (κ2) is 4.88. The highest BCUT2D eigenvalue weighted by molar-refractivity contribution is 5.73. The zero-order valence-electron chi connectivity index (χ0n) is 9.33. The first-order valence-corrected chi connectivity index (χ1v) is 5.47. The number of carboxylic acid groups (broad SMARTS) is 1. The number of alkyl halides is 1. The van der Waals surface area contributed by atoms with Gasteiger partial charge in [0.05, 0.1) is 0 Å². The predicted molar refractivity (Wildman–Crippen MR) is 56.4 cm³/mol. The van der Waals surface area contributed by atoms with E-state index in [4.69, 9.17) is 9.84 Å². The predicted octanol–water partition coefficient (Wildman–Crippen LogP) is 2.64. The summed E-state index contributed by atoms with van der Waals surface area (Å²) < 4.78 is 43.9. The molecule has 0 aliphatic heterocycles. The van der Waals surface area contributed by atoms with E-state index in [2.05, 4.69) is 0 Å². The Morgan fingerprint density at radius 2 is 2.11 bits per heavy atom. The van der Waals surface area contributed by atoms with Crippen LogP contribution in [0.5, 0.6) is 5.75 Å². The van der Waals surface area contributed by atoms with Gasteiger partial charge in [0.1, 0.15) is 12.5 Å². The molecule has 0 bridgehead atoms. The molecule has 1 atom stereocenters. The Morgan fingerprint density at radius 1 is 1.44 bits per heavy atom. The summed E-state index contributed by atoms with van der Waals surface area (Å²) in [5, 5.41) is 8.66. The molecule has 3 nitrogen and oxygen atoms in total. The summed E-state index contributed by atoms with van der Waals surface area (Å²) in [6.07, 6.45) is -0.262. The highest BCUT2D eigenvalue weighted by Gasteiger charge is 2.31. The van der Waals surface area contributed by atoms with Crippen LogP contribution in [0.4, 0.5) is 13.2 Å². The van der Waals surface area contributed by atoms with Crippen molar-refractivity contribution in [1.29, 1.82) is 0 Å². The van der Waals surface area contributed by atoms with Crippen molar-refractivity contribution >= 4 is 5.97 Å². The Labute approximate surface area is 101 Å². The number of hydrogen-bond donors (Lipinski definition) is 1. The number of hydrogen-bond acceptors (Lipinski definition) is 2. The summed E-state index contributed by atoms with van der Waals surface area (Å²) in [6, 6.07) is 1.70. The summed E-state index contributed by atoms with van der Waals surface area (Å²) in [7, 11) is 0. The molecule has 98 valence electrons. The van der Waals surface area contributed by atoms with Gasteiger partial charge < -0.3 is 9.84 Å². The van der Waals surface area contributed by atoms with Gasteiger partial charge in [0.25, 0.3) is 0 Å². The third kappa shape index (κ3) is 2.57. The zero-order valence-corrected chi connectivity index (χ0v) is 9.33. The average molecular weight is 260 g/mol. The quantitative estimate of drug-likeness (QED) is 0.885. The van der Waals surface area contributed by atoms with E-state index in [-0.39, 0.29) is 17.2 Å². The first kappa shape index (κ1) is 12.7. The number of aliphatic carboxylic acids is 1. The minimum atomic E-state index is -1.78. The van der Waals surface area contributed by atoms with E-state index in [0.717, 1.165) is 18.9 Å². The molecule has 1 aliphatic carbocycles. The Hall–Kier alpha value is -1.72. The molecule has 1 N–H and O–H groups in total.